The van der Waals surface area contributed by atoms with Crippen LogP contribution in [0.3, 0.4) is 0 Å². The maximum Gasteiger partial charge on any atom is 0.333 e. The monoisotopic (exact) mass is 214 g/mol. The van der Waals surface area contributed by atoms with Gasteiger partial charge in [0.25, 0.3) is 0 Å². The smallest absolute Gasteiger partial charge is 0.333 e. The van der Waals surface area contributed by atoms with E-state index in [1.54, 1.807) is 0 Å². The first kappa shape index (κ1) is 13.7. The summed E-state index contributed by atoms with van der Waals surface area (Å²) in [6, 6.07) is 0. The summed E-state index contributed by atoms with van der Waals surface area (Å²) in [7, 11) is 1.24. The zero-order valence-corrected chi connectivity index (χ0v) is 9.75. The van der Waals surface area contributed by atoms with Crippen molar-refractivity contribution in [1.29, 1.82) is 0 Å². The van der Waals surface area contributed by atoms with Crippen LogP contribution in [0.4, 0.5) is 0 Å². The van der Waals surface area contributed by atoms with Gasteiger partial charge in [0.2, 0.25) is 0 Å². The summed E-state index contributed by atoms with van der Waals surface area (Å²) in [6.45, 7) is 9.62. The lowest BCUT2D eigenvalue weighted by Crippen LogP contribution is -2.19. The van der Waals surface area contributed by atoms with Crippen molar-refractivity contribution < 1.29 is 19.1 Å². The van der Waals surface area contributed by atoms with Gasteiger partial charge >= 0.3 is 11.9 Å². The third-order valence-electron chi connectivity index (χ3n) is 1.50. The van der Waals surface area contributed by atoms with Crippen molar-refractivity contribution in [2.24, 2.45) is 5.41 Å². The second kappa shape index (κ2) is 5.53. The Morgan fingerprint density at radius 2 is 1.80 bits per heavy atom. The Morgan fingerprint density at radius 1 is 1.27 bits per heavy atom. The number of hydrogen-bond donors (Lipinski definition) is 0. The first-order chi connectivity index (χ1) is 6.76. The molecule has 0 bridgehead atoms. The van der Waals surface area contributed by atoms with Gasteiger partial charge in [-0.25, -0.2) is 4.79 Å². The highest BCUT2D eigenvalue weighted by Crippen LogP contribution is 2.14. The normalized spacial score (nSPS) is 10.7. The lowest BCUT2D eigenvalue weighted by Gasteiger charge is -2.17. The lowest BCUT2D eigenvalue weighted by molar-refractivity contribution is -0.147. The summed E-state index contributed by atoms with van der Waals surface area (Å²) in [5.41, 5.74) is 0.0267. The molecular formula is C11H18O4. The molecule has 4 nitrogen and oxygen atoms in total. The van der Waals surface area contributed by atoms with E-state index >= 15 is 0 Å². The van der Waals surface area contributed by atoms with E-state index in [4.69, 9.17) is 4.74 Å². The third-order valence-corrected chi connectivity index (χ3v) is 1.50. The van der Waals surface area contributed by atoms with Gasteiger partial charge in [-0.05, 0) is 5.41 Å². The lowest BCUT2D eigenvalue weighted by atomic mass is 9.99. The highest BCUT2D eigenvalue weighted by atomic mass is 16.5. The number of rotatable bonds is 4. The Bertz CT molecular complexity index is 260. The van der Waals surface area contributed by atoms with Crippen LogP contribution in [-0.2, 0) is 19.1 Å². The van der Waals surface area contributed by atoms with Gasteiger partial charge in [-0.1, -0.05) is 27.4 Å². The Hall–Kier alpha value is -1.32. The molecule has 0 amide bonds. The molecule has 0 heterocycles. The highest BCUT2D eigenvalue weighted by molar-refractivity contribution is 5.93. The largest absolute Gasteiger partial charge is 0.466 e. The second-order valence-corrected chi connectivity index (χ2v) is 4.49. The standard InChI is InChI=1S/C11H18O4/c1-8(10(13)14-5)6-9(12)15-7-11(2,3)4/h1,6-7H2,2-5H3. The van der Waals surface area contributed by atoms with Crippen molar-refractivity contribution >= 4 is 11.9 Å². The van der Waals surface area contributed by atoms with Crippen LogP contribution in [0, 0.1) is 5.41 Å². The van der Waals surface area contributed by atoms with Gasteiger partial charge in [0.1, 0.15) is 0 Å². The average molecular weight is 214 g/mol. The number of ether oxygens (including phenoxy) is 2. The molecule has 0 aromatic rings. The zero-order valence-electron chi connectivity index (χ0n) is 9.75. The van der Waals surface area contributed by atoms with Gasteiger partial charge in [-0.3, -0.25) is 4.79 Å². The van der Waals surface area contributed by atoms with Crippen molar-refractivity contribution in [2.45, 2.75) is 27.2 Å². The van der Waals surface area contributed by atoms with Crippen LogP contribution in [0.1, 0.15) is 27.2 Å². The summed E-state index contributed by atoms with van der Waals surface area (Å²) in [6.07, 6.45) is -0.122. The first-order valence-electron chi connectivity index (χ1n) is 4.68. The van der Waals surface area contributed by atoms with Crippen molar-refractivity contribution in [3.63, 3.8) is 0 Å². The van der Waals surface area contributed by atoms with E-state index in [0.717, 1.165) is 0 Å². The second-order valence-electron chi connectivity index (χ2n) is 4.49. The van der Waals surface area contributed by atoms with Crippen molar-refractivity contribution in [2.75, 3.05) is 13.7 Å². The summed E-state index contributed by atoms with van der Waals surface area (Å²) in [4.78, 5) is 22.1. The van der Waals surface area contributed by atoms with E-state index in [1.165, 1.54) is 7.11 Å². The van der Waals surface area contributed by atoms with Crippen molar-refractivity contribution in [3.05, 3.63) is 12.2 Å². The molecule has 0 spiro atoms. The maximum atomic E-state index is 11.2. The van der Waals surface area contributed by atoms with Crippen LogP contribution in [0.5, 0.6) is 0 Å². The molecular weight excluding hydrogens is 196 g/mol. The number of carbonyl (C=O) groups excluding carboxylic acids is 2. The molecule has 0 aliphatic heterocycles. The Kier molecular flexibility index (Phi) is 5.05. The van der Waals surface area contributed by atoms with E-state index in [2.05, 4.69) is 11.3 Å². The van der Waals surface area contributed by atoms with Gasteiger partial charge in [-0.15, -0.1) is 0 Å². The molecule has 0 unspecified atom stereocenters. The van der Waals surface area contributed by atoms with Gasteiger partial charge in [-0.2, -0.15) is 0 Å². The summed E-state index contributed by atoms with van der Waals surface area (Å²) in [5, 5.41) is 0. The molecule has 0 aromatic carbocycles. The van der Waals surface area contributed by atoms with Crippen molar-refractivity contribution in [3.8, 4) is 0 Å². The predicted molar refractivity (Wildman–Crippen MR) is 56.2 cm³/mol. The predicted octanol–water partition coefficient (Wildman–Crippen LogP) is 1.70. The fourth-order valence-corrected chi connectivity index (χ4v) is 0.739. The van der Waals surface area contributed by atoms with Crippen molar-refractivity contribution in [1.82, 2.24) is 0 Å². The highest BCUT2D eigenvalue weighted by Gasteiger charge is 2.16. The molecule has 15 heavy (non-hydrogen) atoms. The Morgan fingerprint density at radius 3 is 2.20 bits per heavy atom. The number of carbonyl (C=O) groups is 2. The van der Waals surface area contributed by atoms with Gasteiger partial charge in [0, 0.05) is 5.57 Å². The Balaban J connectivity index is 3.95. The van der Waals surface area contributed by atoms with Gasteiger partial charge < -0.3 is 9.47 Å². The van der Waals surface area contributed by atoms with E-state index in [9.17, 15) is 9.59 Å². The molecule has 86 valence electrons. The molecule has 0 aromatic heterocycles. The van der Waals surface area contributed by atoms with E-state index in [0.29, 0.717) is 6.61 Å². The molecule has 0 radical (unpaired) electrons. The topological polar surface area (TPSA) is 52.6 Å². The molecule has 0 fully saturated rings. The minimum absolute atomic E-state index is 0.0811. The maximum absolute atomic E-state index is 11.2. The molecule has 0 aliphatic carbocycles. The summed E-state index contributed by atoms with van der Waals surface area (Å²) >= 11 is 0. The number of hydrogen-bond acceptors (Lipinski definition) is 4. The number of methoxy groups -OCH3 is 1. The minimum Gasteiger partial charge on any atom is -0.466 e. The van der Waals surface area contributed by atoms with Crippen LogP contribution in [0.2, 0.25) is 0 Å². The minimum atomic E-state index is -0.581. The van der Waals surface area contributed by atoms with Gasteiger partial charge in [0.15, 0.2) is 0 Å². The van der Waals surface area contributed by atoms with Crippen LogP contribution >= 0.6 is 0 Å². The first-order valence-corrected chi connectivity index (χ1v) is 4.68. The van der Waals surface area contributed by atoms with Gasteiger partial charge in [0.05, 0.1) is 20.1 Å². The fourth-order valence-electron chi connectivity index (χ4n) is 0.739. The summed E-state index contributed by atoms with van der Waals surface area (Å²) in [5.74, 6) is -1.04. The molecule has 4 heteroatoms. The van der Waals surface area contributed by atoms with Crippen LogP contribution in [0.25, 0.3) is 0 Å². The van der Waals surface area contributed by atoms with Crippen LogP contribution < -0.4 is 0 Å². The molecule has 0 saturated heterocycles. The molecule has 0 aliphatic rings. The molecule has 0 rings (SSSR count). The molecule has 0 N–H and O–H groups in total. The van der Waals surface area contributed by atoms with E-state index < -0.39 is 11.9 Å². The molecule has 0 atom stereocenters. The third kappa shape index (κ3) is 6.71. The number of esters is 2. The van der Waals surface area contributed by atoms with E-state index in [1.807, 2.05) is 20.8 Å². The SMILES string of the molecule is C=C(CC(=O)OCC(C)(C)C)C(=O)OC. The van der Waals surface area contributed by atoms with E-state index in [-0.39, 0.29) is 17.4 Å². The average Bonchev–Trinajstić information content (AvgIpc) is 2.12. The fraction of sp³-hybridized carbons (Fsp3) is 0.636. The zero-order chi connectivity index (χ0) is 12.1. The Labute approximate surface area is 90.2 Å². The van der Waals surface area contributed by atoms with Crippen LogP contribution in [-0.4, -0.2) is 25.7 Å². The quantitative estimate of drug-likeness (QED) is 0.528. The molecule has 0 saturated carbocycles. The summed E-state index contributed by atoms with van der Waals surface area (Å²) < 4.78 is 9.38. The van der Waals surface area contributed by atoms with Crippen LogP contribution in [0.15, 0.2) is 12.2 Å².